The van der Waals surface area contributed by atoms with E-state index < -0.39 is 5.60 Å². The summed E-state index contributed by atoms with van der Waals surface area (Å²) < 4.78 is 0. The van der Waals surface area contributed by atoms with Gasteiger partial charge in [-0.15, -0.1) is 0 Å². The van der Waals surface area contributed by atoms with Crippen molar-refractivity contribution in [2.45, 2.75) is 18.4 Å². The highest BCUT2D eigenvalue weighted by Crippen LogP contribution is 2.41. The van der Waals surface area contributed by atoms with Gasteiger partial charge in [0.2, 0.25) is 0 Å². The maximum Gasteiger partial charge on any atom is 0.117 e. The van der Waals surface area contributed by atoms with Crippen LogP contribution in [0.15, 0.2) is 48.5 Å². The minimum Gasteiger partial charge on any atom is -0.380 e. The first-order valence-electron chi connectivity index (χ1n) is 7.56. The summed E-state index contributed by atoms with van der Waals surface area (Å²) in [5.41, 5.74) is 0.745. The van der Waals surface area contributed by atoms with Crippen LogP contribution in [0.3, 0.4) is 0 Å². The van der Waals surface area contributed by atoms with Gasteiger partial charge in [-0.1, -0.05) is 47.5 Å². The van der Waals surface area contributed by atoms with Gasteiger partial charge in [-0.05, 0) is 67.2 Å². The van der Waals surface area contributed by atoms with Crippen molar-refractivity contribution < 1.29 is 5.11 Å². The molecular formula is C18H19Cl2NO. The lowest BCUT2D eigenvalue weighted by Gasteiger charge is -2.39. The minimum atomic E-state index is -1.02. The van der Waals surface area contributed by atoms with Crippen molar-refractivity contribution in [3.8, 4) is 0 Å². The number of benzene rings is 2. The quantitative estimate of drug-likeness (QED) is 0.879. The van der Waals surface area contributed by atoms with Crippen molar-refractivity contribution in [1.82, 2.24) is 5.32 Å². The smallest absolute Gasteiger partial charge is 0.117 e. The van der Waals surface area contributed by atoms with E-state index in [-0.39, 0.29) is 5.92 Å². The second-order valence-electron chi connectivity index (χ2n) is 5.80. The van der Waals surface area contributed by atoms with Crippen LogP contribution in [0.2, 0.25) is 10.0 Å². The molecule has 2 aromatic rings. The maximum absolute atomic E-state index is 11.6. The van der Waals surface area contributed by atoms with Crippen LogP contribution in [-0.2, 0) is 5.60 Å². The average Bonchev–Trinajstić information content (AvgIpc) is 2.56. The standard InChI is InChI=1S/C18H19Cl2NO/c19-16-5-1-13(2-6-16)18(22,15-9-11-21-12-10-15)14-3-7-17(20)8-4-14/h1-8,15,21-22H,9-12H2. The van der Waals surface area contributed by atoms with E-state index in [1.54, 1.807) is 0 Å². The Bertz CT molecular complexity index is 573. The van der Waals surface area contributed by atoms with Crippen LogP contribution >= 0.6 is 23.2 Å². The van der Waals surface area contributed by atoms with E-state index in [0.717, 1.165) is 37.1 Å². The fourth-order valence-corrected chi connectivity index (χ4v) is 3.54. The Labute approximate surface area is 141 Å². The Morgan fingerprint density at radius 1 is 0.818 bits per heavy atom. The minimum absolute atomic E-state index is 0.163. The largest absolute Gasteiger partial charge is 0.380 e. The number of halogens is 2. The molecule has 0 bridgehead atoms. The number of piperidine rings is 1. The lowest BCUT2D eigenvalue weighted by atomic mass is 9.72. The van der Waals surface area contributed by atoms with Crippen LogP contribution in [-0.4, -0.2) is 18.2 Å². The molecule has 1 fully saturated rings. The first-order chi connectivity index (χ1) is 10.6. The first-order valence-corrected chi connectivity index (χ1v) is 8.31. The Balaban J connectivity index is 2.08. The molecule has 22 heavy (non-hydrogen) atoms. The Morgan fingerprint density at radius 3 is 1.64 bits per heavy atom. The third-order valence-electron chi connectivity index (χ3n) is 4.50. The van der Waals surface area contributed by atoms with E-state index in [9.17, 15) is 5.11 Å². The number of hydrogen-bond acceptors (Lipinski definition) is 2. The van der Waals surface area contributed by atoms with Crippen LogP contribution in [0, 0.1) is 5.92 Å². The molecule has 0 spiro atoms. The van der Waals surface area contributed by atoms with E-state index in [2.05, 4.69) is 5.32 Å². The molecule has 1 heterocycles. The molecule has 0 saturated carbocycles. The van der Waals surface area contributed by atoms with Gasteiger partial charge in [0.15, 0.2) is 0 Å². The topological polar surface area (TPSA) is 32.3 Å². The molecule has 4 heteroatoms. The number of nitrogens with one attached hydrogen (secondary N) is 1. The van der Waals surface area contributed by atoms with Crippen molar-refractivity contribution in [3.63, 3.8) is 0 Å². The molecule has 0 amide bonds. The summed E-state index contributed by atoms with van der Waals surface area (Å²) in [6.07, 6.45) is 1.86. The zero-order chi connectivity index (χ0) is 15.6. The van der Waals surface area contributed by atoms with Gasteiger partial charge >= 0.3 is 0 Å². The monoisotopic (exact) mass is 335 g/mol. The molecule has 2 aromatic carbocycles. The van der Waals surface area contributed by atoms with Crippen LogP contribution < -0.4 is 5.32 Å². The van der Waals surface area contributed by atoms with E-state index in [4.69, 9.17) is 23.2 Å². The third-order valence-corrected chi connectivity index (χ3v) is 5.00. The van der Waals surface area contributed by atoms with Gasteiger partial charge in [0, 0.05) is 10.0 Å². The Hall–Kier alpha value is -1.06. The van der Waals surface area contributed by atoms with E-state index >= 15 is 0 Å². The number of rotatable bonds is 3. The highest BCUT2D eigenvalue weighted by molar-refractivity contribution is 6.30. The van der Waals surface area contributed by atoms with Gasteiger partial charge in [-0.2, -0.15) is 0 Å². The van der Waals surface area contributed by atoms with E-state index in [1.807, 2.05) is 48.5 Å². The fourth-order valence-electron chi connectivity index (χ4n) is 3.29. The summed E-state index contributed by atoms with van der Waals surface area (Å²) in [6, 6.07) is 15.0. The molecular weight excluding hydrogens is 317 g/mol. The second kappa shape index (κ2) is 6.59. The third kappa shape index (κ3) is 3.02. The molecule has 1 saturated heterocycles. The van der Waals surface area contributed by atoms with Crippen LogP contribution in [0.5, 0.6) is 0 Å². The van der Waals surface area contributed by atoms with Gasteiger partial charge in [0.1, 0.15) is 5.60 Å². The second-order valence-corrected chi connectivity index (χ2v) is 6.68. The van der Waals surface area contributed by atoms with E-state index in [1.165, 1.54) is 0 Å². The summed E-state index contributed by atoms with van der Waals surface area (Å²) >= 11 is 12.0. The molecule has 2 N–H and O–H groups in total. The van der Waals surface area contributed by atoms with Gasteiger partial charge in [-0.25, -0.2) is 0 Å². The molecule has 1 aliphatic rings. The van der Waals surface area contributed by atoms with Crippen molar-refractivity contribution in [1.29, 1.82) is 0 Å². The van der Waals surface area contributed by atoms with Gasteiger partial charge < -0.3 is 10.4 Å². The van der Waals surface area contributed by atoms with Crippen LogP contribution in [0.4, 0.5) is 0 Å². The van der Waals surface area contributed by atoms with Crippen molar-refractivity contribution in [3.05, 3.63) is 69.7 Å². The number of aliphatic hydroxyl groups is 1. The van der Waals surface area contributed by atoms with Crippen LogP contribution in [0.1, 0.15) is 24.0 Å². The van der Waals surface area contributed by atoms with Gasteiger partial charge in [-0.3, -0.25) is 0 Å². The molecule has 2 nitrogen and oxygen atoms in total. The first kappa shape index (κ1) is 15.8. The van der Waals surface area contributed by atoms with Gasteiger partial charge in [0.25, 0.3) is 0 Å². The summed E-state index contributed by atoms with van der Waals surface area (Å²) in [5.74, 6) is 0.163. The average molecular weight is 336 g/mol. The summed E-state index contributed by atoms with van der Waals surface area (Å²) in [6.45, 7) is 1.85. The molecule has 0 aromatic heterocycles. The van der Waals surface area contributed by atoms with Gasteiger partial charge in [0.05, 0.1) is 0 Å². The lowest BCUT2D eigenvalue weighted by Crippen LogP contribution is -2.42. The summed E-state index contributed by atoms with van der Waals surface area (Å²) in [5, 5.41) is 16.3. The lowest BCUT2D eigenvalue weighted by molar-refractivity contribution is 0.00237. The highest BCUT2D eigenvalue weighted by atomic mass is 35.5. The number of hydrogen-bond donors (Lipinski definition) is 2. The highest BCUT2D eigenvalue weighted by Gasteiger charge is 2.40. The molecule has 3 rings (SSSR count). The maximum atomic E-state index is 11.6. The summed E-state index contributed by atoms with van der Waals surface area (Å²) in [7, 11) is 0. The molecule has 1 aliphatic heterocycles. The predicted molar refractivity (Wildman–Crippen MR) is 91.5 cm³/mol. The Kier molecular flexibility index (Phi) is 4.74. The molecule has 0 unspecified atom stereocenters. The predicted octanol–water partition coefficient (Wildman–Crippen LogP) is 4.23. The van der Waals surface area contributed by atoms with E-state index in [0.29, 0.717) is 10.0 Å². The molecule has 0 aliphatic carbocycles. The Morgan fingerprint density at radius 2 is 1.23 bits per heavy atom. The van der Waals surface area contributed by atoms with Crippen molar-refractivity contribution in [2.75, 3.05) is 13.1 Å². The van der Waals surface area contributed by atoms with Crippen molar-refractivity contribution in [2.24, 2.45) is 5.92 Å². The fraction of sp³-hybridized carbons (Fsp3) is 0.333. The zero-order valence-electron chi connectivity index (χ0n) is 12.2. The van der Waals surface area contributed by atoms with Crippen molar-refractivity contribution >= 4 is 23.2 Å². The van der Waals surface area contributed by atoms with Crippen LogP contribution in [0.25, 0.3) is 0 Å². The molecule has 0 radical (unpaired) electrons. The zero-order valence-corrected chi connectivity index (χ0v) is 13.7. The summed E-state index contributed by atoms with van der Waals surface area (Å²) in [4.78, 5) is 0. The normalized spacial score (nSPS) is 16.7. The molecule has 116 valence electrons. The SMILES string of the molecule is OC(c1ccc(Cl)cc1)(c1ccc(Cl)cc1)C1CCNCC1. The molecule has 0 atom stereocenters.